The van der Waals surface area contributed by atoms with E-state index >= 15 is 0 Å². The van der Waals surface area contributed by atoms with Gasteiger partial charge in [0.2, 0.25) is 0 Å². The number of carboxylic acid groups (broad SMARTS) is 1. The highest BCUT2D eigenvalue weighted by atomic mass is 127. The number of benzene rings is 2. The van der Waals surface area contributed by atoms with E-state index in [4.69, 9.17) is 4.74 Å². The molecule has 0 saturated carbocycles. The molecule has 0 aliphatic rings. The molecule has 23 heavy (non-hydrogen) atoms. The maximum Gasteiger partial charge on any atom is 0.344 e. The van der Waals surface area contributed by atoms with E-state index in [1.54, 1.807) is 6.07 Å². The molecule has 0 aromatic heterocycles. The Morgan fingerprint density at radius 1 is 1.00 bits per heavy atom. The number of hydrogen-bond acceptors (Lipinski definition) is 4. The fraction of sp³-hybridized carbons (Fsp3) is 0. The third kappa shape index (κ3) is 4.29. The monoisotopic (exact) mass is 655 g/mol. The molecule has 0 saturated heterocycles. The third-order valence-electron chi connectivity index (χ3n) is 2.65. The van der Waals surface area contributed by atoms with Gasteiger partial charge in [0.05, 0.1) is 11.5 Å². The molecule has 0 spiro atoms. The summed E-state index contributed by atoms with van der Waals surface area (Å²) in [5.74, 6) is -6.14. The van der Waals surface area contributed by atoms with Gasteiger partial charge in [0, 0.05) is 22.3 Å². The van der Waals surface area contributed by atoms with Gasteiger partial charge < -0.3 is 14.6 Å². The average Bonchev–Trinajstić information content (AvgIpc) is 2.45. The molecule has 0 heterocycles. The lowest BCUT2D eigenvalue weighted by molar-refractivity contribution is -0.255. The highest BCUT2D eigenvalue weighted by Crippen LogP contribution is 2.25. The maximum absolute atomic E-state index is 13.4. The number of halogens is 5. The lowest BCUT2D eigenvalue weighted by Crippen LogP contribution is -2.24. The predicted molar refractivity (Wildman–Crippen MR) is 100 cm³/mol. The number of rotatable bonds is 3. The second-order valence-electron chi connectivity index (χ2n) is 4.19. The number of ether oxygens (including phenoxy) is 1. The first-order chi connectivity index (χ1) is 10.7. The van der Waals surface area contributed by atoms with Crippen LogP contribution in [0.4, 0.5) is 8.78 Å². The van der Waals surface area contributed by atoms with Gasteiger partial charge in [-0.2, -0.15) is 0 Å². The minimum absolute atomic E-state index is 0.238. The standard InChI is InChI=1S/C14H5F2I3O4/c15-9-4-6(3-7(11(9)16)13(20)21)23-14(22)8-1-5(17)2-10(18)12(8)19/h1-4H,(H,20,21)/p-1. The minimum atomic E-state index is -1.90. The quantitative estimate of drug-likeness (QED) is 0.221. The van der Waals surface area contributed by atoms with Crippen molar-refractivity contribution in [3.05, 3.63) is 57.7 Å². The zero-order valence-electron chi connectivity index (χ0n) is 10.8. The van der Waals surface area contributed by atoms with Crippen molar-refractivity contribution in [3.63, 3.8) is 0 Å². The first kappa shape index (κ1) is 18.8. The fourth-order valence-electron chi connectivity index (χ4n) is 1.64. The second-order valence-corrected chi connectivity index (χ2v) is 7.68. The van der Waals surface area contributed by atoms with Crippen LogP contribution in [0.2, 0.25) is 0 Å². The highest BCUT2D eigenvalue weighted by Gasteiger charge is 2.18. The molecule has 0 amide bonds. The van der Waals surface area contributed by atoms with Crippen molar-refractivity contribution in [1.82, 2.24) is 0 Å². The van der Waals surface area contributed by atoms with E-state index < -0.39 is 34.9 Å². The van der Waals surface area contributed by atoms with Crippen LogP contribution in [0.1, 0.15) is 20.7 Å². The lowest BCUT2D eigenvalue weighted by Gasteiger charge is -2.11. The fourth-order valence-corrected chi connectivity index (χ4v) is 4.01. The van der Waals surface area contributed by atoms with Crippen LogP contribution in [-0.2, 0) is 0 Å². The van der Waals surface area contributed by atoms with E-state index in [1.165, 1.54) is 0 Å². The second kappa shape index (κ2) is 7.55. The first-order valence-electron chi connectivity index (χ1n) is 5.77. The van der Waals surface area contributed by atoms with Crippen LogP contribution in [0, 0.1) is 22.3 Å². The summed E-state index contributed by atoms with van der Waals surface area (Å²) >= 11 is 6.03. The lowest BCUT2D eigenvalue weighted by atomic mass is 10.2. The molecule has 2 aromatic rings. The summed E-state index contributed by atoms with van der Waals surface area (Å²) in [4.78, 5) is 23.0. The predicted octanol–water partition coefficient (Wildman–Crippen LogP) is 3.36. The molecule has 0 aliphatic heterocycles. The molecule has 120 valence electrons. The van der Waals surface area contributed by atoms with E-state index in [2.05, 4.69) is 0 Å². The van der Waals surface area contributed by atoms with Gasteiger partial charge in [-0.15, -0.1) is 0 Å². The summed E-state index contributed by atoms with van der Waals surface area (Å²) in [6.07, 6.45) is 0. The Kier molecular flexibility index (Phi) is 6.16. The Bertz CT molecular complexity index is 824. The van der Waals surface area contributed by atoms with Crippen molar-refractivity contribution in [2.45, 2.75) is 0 Å². The highest BCUT2D eigenvalue weighted by molar-refractivity contribution is 14.1. The molecular weight excluding hydrogens is 651 g/mol. The number of esters is 1. The normalized spacial score (nSPS) is 10.5. The summed E-state index contributed by atoms with van der Waals surface area (Å²) in [6.45, 7) is 0. The van der Waals surface area contributed by atoms with Gasteiger partial charge in [0.25, 0.3) is 0 Å². The van der Waals surface area contributed by atoms with Gasteiger partial charge >= 0.3 is 5.97 Å². The number of carboxylic acids is 1. The molecule has 0 N–H and O–H groups in total. The van der Waals surface area contributed by atoms with Crippen LogP contribution >= 0.6 is 67.8 Å². The van der Waals surface area contributed by atoms with E-state index in [1.807, 2.05) is 73.8 Å². The van der Waals surface area contributed by atoms with Crippen molar-refractivity contribution < 1.29 is 28.2 Å². The molecule has 0 atom stereocenters. The van der Waals surface area contributed by atoms with Gasteiger partial charge in [0.15, 0.2) is 11.6 Å². The van der Waals surface area contributed by atoms with E-state index in [-0.39, 0.29) is 5.56 Å². The molecule has 2 rings (SSSR count). The summed E-state index contributed by atoms with van der Waals surface area (Å²) in [7, 11) is 0. The van der Waals surface area contributed by atoms with Crippen LogP contribution in [0.25, 0.3) is 0 Å². The Hall–Kier alpha value is -0.570. The molecule has 9 heteroatoms. The van der Waals surface area contributed by atoms with Crippen LogP contribution in [0.5, 0.6) is 5.75 Å². The molecule has 2 aromatic carbocycles. The number of aromatic carboxylic acids is 1. The SMILES string of the molecule is O=C([O-])c1cc(OC(=O)c2cc(I)cc(I)c2I)cc(F)c1F. The Morgan fingerprint density at radius 3 is 2.26 bits per heavy atom. The molecule has 4 nitrogen and oxygen atoms in total. The summed E-state index contributed by atoms with van der Waals surface area (Å²) in [6, 6.07) is 4.74. The summed E-state index contributed by atoms with van der Waals surface area (Å²) in [5, 5.41) is 10.8. The van der Waals surface area contributed by atoms with E-state index in [0.717, 1.165) is 7.14 Å². The van der Waals surface area contributed by atoms with Gasteiger partial charge in [-0.05, 0) is 86.0 Å². The van der Waals surface area contributed by atoms with Crippen LogP contribution in [-0.4, -0.2) is 11.9 Å². The van der Waals surface area contributed by atoms with Crippen LogP contribution < -0.4 is 9.84 Å². The van der Waals surface area contributed by atoms with Crippen LogP contribution in [0.3, 0.4) is 0 Å². The smallest absolute Gasteiger partial charge is 0.344 e. The van der Waals surface area contributed by atoms with E-state index in [9.17, 15) is 23.5 Å². The van der Waals surface area contributed by atoms with Crippen molar-refractivity contribution in [2.24, 2.45) is 0 Å². The van der Waals surface area contributed by atoms with Gasteiger partial charge in [-0.1, -0.05) is 0 Å². The van der Waals surface area contributed by atoms with Gasteiger partial charge in [0.1, 0.15) is 5.75 Å². The topological polar surface area (TPSA) is 66.4 Å². The van der Waals surface area contributed by atoms with Crippen LogP contribution in [0.15, 0.2) is 24.3 Å². The Morgan fingerprint density at radius 2 is 1.65 bits per heavy atom. The number of carbonyl (C=O) groups is 2. The first-order valence-corrected chi connectivity index (χ1v) is 9.01. The molecule has 0 aliphatic carbocycles. The zero-order valence-corrected chi connectivity index (χ0v) is 17.3. The largest absolute Gasteiger partial charge is 0.545 e. The molecule has 0 fully saturated rings. The Balaban J connectivity index is 2.40. The zero-order chi connectivity index (χ0) is 17.3. The maximum atomic E-state index is 13.4. The summed E-state index contributed by atoms with van der Waals surface area (Å²) in [5.41, 5.74) is -0.777. The van der Waals surface area contributed by atoms with Crippen molar-refractivity contribution in [1.29, 1.82) is 0 Å². The molecule has 0 unspecified atom stereocenters. The van der Waals surface area contributed by atoms with Gasteiger partial charge in [-0.3, -0.25) is 0 Å². The average molecular weight is 655 g/mol. The molecule has 0 bridgehead atoms. The van der Waals surface area contributed by atoms with Crippen molar-refractivity contribution >= 4 is 79.7 Å². The van der Waals surface area contributed by atoms with E-state index in [0.29, 0.717) is 15.7 Å². The Labute approximate surface area is 170 Å². The minimum Gasteiger partial charge on any atom is -0.545 e. The van der Waals surface area contributed by atoms with Crippen molar-refractivity contribution in [2.75, 3.05) is 0 Å². The summed E-state index contributed by atoms with van der Waals surface area (Å²) < 4.78 is 33.9. The number of hydrogen-bond donors (Lipinski definition) is 0. The van der Waals surface area contributed by atoms with Crippen molar-refractivity contribution in [3.8, 4) is 5.75 Å². The van der Waals surface area contributed by atoms with Gasteiger partial charge in [-0.25, -0.2) is 13.6 Å². The third-order valence-corrected chi connectivity index (χ3v) is 6.31. The number of carbonyl (C=O) groups excluding carboxylic acids is 2. The molecular formula is C14H4F2I3O4-. The molecule has 0 radical (unpaired) electrons.